The van der Waals surface area contributed by atoms with Gasteiger partial charge in [0.05, 0.1) is 5.02 Å². The van der Waals surface area contributed by atoms with Gasteiger partial charge in [0.25, 0.3) is 0 Å². The zero-order chi connectivity index (χ0) is 24.5. The lowest BCUT2D eigenvalue weighted by molar-refractivity contribution is 0.401. The second kappa shape index (κ2) is 9.51. The predicted octanol–water partition coefficient (Wildman–Crippen LogP) is 6.57. The van der Waals surface area contributed by atoms with Gasteiger partial charge in [-0.05, 0) is 87.7 Å². The van der Waals surface area contributed by atoms with Crippen molar-refractivity contribution in [2.75, 3.05) is 0 Å². The van der Waals surface area contributed by atoms with E-state index in [4.69, 9.17) is 11.6 Å². The van der Waals surface area contributed by atoms with Crippen molar-refractivity contribution >= 4 is 40.5 Å². The second-order valence-electron chi connectivity index (χ2n) is 8.88. The summed E-state index contributed by atoms with van der Waals surface area (Å²) in [5, 5.41) is 14.4. The highest BCUT2D eigenvalue weighted by molar-refractivity contribution is 6.32. The van der Waals surface area contributed by atoms with Crippen LogP contribution in [-0.2, 0) is 0 Å². The Morgan fingerprint density at radius 2 is 1.86 bits per heavy atom. The monoisotopic (exact) mass is 496 g/mol. The maximum Gasteiger partial charge on any atom is 0.197 e. The summed E-state index contributed by atoms with van der Waals surface area (Å²) in [4.78, 5) is 4.39. The largest absolute Gasteiger partial charge is 0.306 e. The van der Waals surface area contributed by atoms with E-state index in [2.05, 4.69) is 62.1 Å². The van der Waals surface area contributed by atoms with Gasteiger partial charge in [0.1, 0.15) is 11.5 Å². The quantitative estimate of drug-likeness (QED) is 0.270. The number of rotatable bonds is 6. The Morgan fingerprint density at radius 1 is 1.03 bits per heavy atom. The molecule has 3 heterocycles. The molecular formula is C28H22ClFN6. The Bertz CT molecular complexity index is 1580. The van der Waals surface area contributed by atoms with Gasteiger partial charge in [0.2, 0.25) is 0 Å². The molecule has 1 saturated carbocycles. The number of allylic oxidation sites excluding steroid dienone is 1. The number of imidazole rings is 1. The number of hydrogen-bond acceptors (Lipinski definition) is 4. The van der Waals surface area contributed by atoms with Gasteiger partial charge in [-0.3, -0.25) is 0 Å². The second-order valence-corrected chi connectivity index (χ2v) is 9.28. The average molecular weight is 497 g/mol. The van der Waals surface area contributed by atoms with E-state index in [9.17, 15) is 4.39 Å². The summed E-state index contributed by atoms with van der Waals surface area (Å²) in [5.74, 6) is 0.529. The zero-order valence-corrected chi connectivity index (χ0v) is 20.0. The maximum atomic E-state index is 14.0. The number of fused-ring (bicyclic) bond motifs is 1. The zero-order valence-electron chi connectivity index (χ0n) is 19.3. The topological polar surface area (TPSA) is 71.8 Å². The number of nitrogens with one attached hydrogen (secondary N) is 1. The van der Waals surface area contributed by atoms with E-state index in [-0.39, 0.29) is 5.82 Å². The number of hydrogen-bond donors (Lipinski definition) is 1. The average Bonchev–Trinajstić information content (AvgIpc) is 3.54. The van der Waals surface area contributed by atoms with Crippen LogP contribution >= 0.6 is 11.6 Å². The molecule has 0 bridgehead atoms. The molecular weight excluding hydrogens is 475 g/mol. The number of nitrogens with zero attached hydrogens (tertiary/aromatic N) is 5. The molecule has 5 aromatic rings. The van der Waals surface area contributed by atoms with Crippen LogP contribution < -0.4 is 0 Å². The normalized spacial score (nSPS) is 14.8. The van der Waals surface area contributed by atoms with Gasteiger partial charge < -0.3 is 4.40 Å². The van der Waals surface area contributed by atoms with E-state index < -0.39 is 0 Å². The lowest BCUT2D eigenvalue weighted by Gasteiger charge is -2.32. The third-order valence-electron chi connectivity index (χ3n) is 6.67. The van der Waals surface area contributed by atoms with Crippen molar-refractivity contribution in [1.29, 1.82) is 0 Å². The van der Waals surface area contributed by atoms with Gasteiger partial charge in [-0.15, -0.1) is 10.2 Å². The molecule has 0 aliphatic heterocycles. The summed E-state index contributed by atoms with van der Waals surface area (Å²) in [6.07, 6.45) is 12.9. The lowest BCUT2D eigenvalue weighted by Crippen LogP contribution is -2.15. The molecule has 8 heteroatoms. The van der Waals surface area contributed by atoms with Crippen LogP contribution in [-0.4, -0.2) is 30.0 Å². The van der Waals surface area contributed by atoms with Crippen LogP contribution in [0.25, 0.3) is 28.9 Å². The number of H-pyrrole nitrogens is 1. The molecule has 0 amide bonds. The Hall–Kier alpha value is -4.10. The highest BCUT2D eigenvalue weighted by Gasteiger charge is 2.28. The third kappa shape index (κ3) is 4.33. The van der Waals surface area contributed by atoms with E-state index >= 15 is 0 Å². The molecule has 1 aliphatic carbocycles. The van der Waals surface area contributed by atoms with Crippen molar-refractivity contribution in [2.24, 2.45) is 5.92 Å². The molecule has 6 rings (SSSR count). The Kier molecular flexibility index (Phi) is 5.91. The third-order valence-corrected chi connectivity index (χ3v) is 6.98. The standard InChI is InChI=1S/C28H22ClFN6/c29-24-16-22(30)10-11-23(24)28(19-2-1-3-19)27(21-9-13-26-31-14-15-36(26)17-21)20-7-4-18(5-8-20)6-12-25-32-34-35-33-25/h4-17,19H,1-3H2,(H,32,33,34,35)/b12-6+,28-27+. The minimum atomic E-state index is -0.337. The molecule has 0 spiro atoms. The van der Waals surface area contributed by atoms with Crippen LogP contribution in [0, 0.1) is 11.7 Å². The van der Waals surface area contributed by atoms with Crippen LogP contribution in [0.2, 0.25) is 5.02 Å². The van der Waals surface area contributed by atoms with Crippen molar-refractivity contribution in [3.05, 3.63) is 112 Å². The molecule has 1 N–H and O–H groups in total. The number of benzene rings is 2. The van der Waals surface area contributed by atoms with Crippen molar-refractivity contribution < 1.29 is 4.39 Å². The Labute approximate surface area is 212 Å². The fraction of sp³-hybridized carbons (Fsp3) is 0.143. The van der Waals surface area contributed by atoms with Crippen molar-refractivity contribution in [3.63, 3.8) is 0 Å². The van der Waals surface area contributed by atoms with E-state index in [0.717, 1.165) is 51.9 Å². The first-order valence-corrected chi connectivity index (χ1v) is 12.2. The Morgan fingerprint density at radius 3 is 2.58 bits per heavy atom. The summed E-state index contributed by atoms with van der Waals surface area (Å²) >= 11 is 6.64. The summed E-state index contributed by atoms with van der Waals surface area (Å²) in [6.45, 7) is 0. The van der Waals surface area contributed by atoms with Gasteiger partial charge in [-0.2, -0.15) is 5.21 Å². The predicted molar refractivity (Wildman–Crippen MR) is 139 cm³/mol. The van der Waals surface area contributed by atoms with Gasteiger partial charge in [-0.1, -0.05) is 54.4 Å². The molecule has 0 radical (unpaired) electrons. The number of aromatic amines is 1. The maximum absolute atomic E-state index is 14.0. The molecule has 0 unspecified atom stereocenters. The molecule has 1 aliphatic rings. The highest BCUT2D eigenvalue weighted by atomic mass is 35.5. The SMILES string of the molecule is Fc1ccc(/C(=C(\c2ccc(/C=C/c3nn[nH]n3)cc2)c2ccc3nccn3c2)C2CCC2)c(Cl)c1. The van der Waals surface area contributed by atoms with Crippen LogP contribution in [0.3, 0.4) is 0 Å². The fourth-order valence-corrected chi connectivity index (χ4v) is 4.95. The molecule has 0 atom stereocenters. The summed E-state index contributed by atoms with van der Waals surface area (Å²) in [6, 6.07) is 17.2. The van der Waals surface area contributed by atoms with Gasteiger partial charge in [0.15, 0.2) is 5.82 Å². The number of pyridine rings is 1. The summed E-state index contributed by atoms with van der Waals surface area (Å²) in [7, 11) is 0. The van der Waals surface area contributed by atoms with E-state index in [1.54, 1.807) is 12.3 Å². The minimum Gasteiger partial charge on any atom is -0.306 e. The fourth-order valence-electron chi connectivity index (χ4n) is 4.68. The molecule has 1 fully saturated rings. The first-order valence-electron chi connectivity index (χ1n) is 11.8. The first-order chi connectivity index (χ1) is 17.7. The van der Waals surface area contributed by atoms with Crippen LogP contribution in [0.1, 0.15) is 47.3 Å². The number of aromatic nitrogens is 6. The Balaban J connectivity index is 1.53. The molecule has 6 nitrogen and oxygen atoms in total. The van der Waals surface area contributed by atoms with Crippen molar-refractivity contribution in [2.45, 2.75) is 19.3 Å². The molecule has 0 saturated heterocycles. The highest BCUT2D eigenvalue weighted by Crippen LogP contribution is 2.46. The van der Waals surface area contributed by atoms with Gasteiger partial charge >= 0.3 is 0 Å². The van der Waals surface area contributed by atoms with Crippen molar-refractivity contribution in [1.82, 2.24) is 30.0 Å². The number of tetrazole rings is 1. The molecule has 178 valence electrons. The summed E-state index contributed by atoms with van der Waals surface area (Å²) in [5.41, 5.74) is 7.14. The smallest absolute Gasteiger partial charge is 0.197 e. The first kappa shape index (κ1) is 22.4. The molecule has 2 aromatic carbocycles. The molecule has 36 heavy (non-hydrogen) atoms. The van der Waals surface area contributed by atoms with Crippen molar-refractivity contribution in [3.8, 4) is 0 Å². The van der Waals surface area contributed by atoms with Gasteiger partial charge in [-0.25, -0.2) is 9.37 Å². The van der Waals surface area contributed by atoms with Crippen LogP contribution in [0.15, 0.2) is 73.2 Å². The van der Waals surface area contributed by atoms with Crippen LogP contribution in [0.5, 0.6) is 0 Å². The number of halogens is 2. The molecule has 3 aromatic heterocycles. The lowest BCUT2D eigenvalue weighted by atomic mass is 9.73. The van der Waals surface area contributed by atoms with Gasteiger partial charge in [0, 0.05) is 18.6 Å². The van der Waals surface area contributed by atoms with E-state index in [1.807, 2.05) is 28.8 Å². The van der Waals surface area contributed by atoms with Crippen LogP contribution in [0.4, 0.5) is 4.39 Å². The van der Waals surface area contributed by atoms with E-state index in [1.165, 1.54) is 18.6 Å². The minimum absolute atomic E-state index is 0.337. The van der Waals surface area contributed by atoms with E-state index in [0.29, 0.717) is 16.8 Å². The summed E-state index contributed by atoms with van der Waals surface area (Å²) < 4.78 is 16.0.